The zero-order valence-corrected chi connectivity index (χ0v) is 9.90. The summed E-state index contributed by atoms with van der Waals surface area (Å²) in [5.41, 5.74) is 1.12. The van der Waals surface area contributed by atoms with Crippen molar-refractivity contribution in [2.75, 3.05) is 0 Å². The first kappa shape index (κ1) is 12.0. The predicted molar refractivity (Wildman–Crippen MR) is 64.7 cm³/mol. The molecule has 2 nitrogen and oxygen atoms in total. The number of halogens is 1. The molecule has 0 aliphatic heterocycles. The minimum absolute atomic E-state index is 0.239. The van der Waals surface area contributed by atoms with Gasteiger partial charge in [-0.25, -0.2) is 0 Å². The molecule has 0 heterocycles. The largest absolute Gasteiger partial charge is 0.481 e. The smallest absolute Gasteiger partial charge is 0.303 e. The van der Waals surface area contributed by atoms with Gasteiger partial charge in [0.2, 0.25) is 0 Å². The fraction of sp³-hybridized carbons (Fsp3) is 0.250. The fourth-order valence-electron chi connectivity index (χ4n) is 1.20. The lowest BCUT2D eigenvalue weighted by Crippen LogP contribution is -1.92. The van der Waals surface area contributed by atoms with Crippen LogP contribution in [0.15, 0.2) is 34.8 Å². The minimum atomic E-state index is -0.731. The van der Waals surface area contributed by atoms with Crippen molar-refractivity contribution in [1.82, 2.24) is 0 Å². The summed E-state index contributed by atoms with van der Waals surface area (Å²) in [6.45, 7) is 0. The lowest BCUT2D eigenvalue weighted by atomic mass is 10.1. The molecular weight excluding hydrogens is 256 g/mol. The van der Waals surface area contributed by atoms with E-state index in [0.29, 0.717) is 6.42 Å². The van der Waals surface area contributed by atoms with Crippen LogP contribution in [-0.2, 0) is 4.79 Å². The van der Waals surface area contributed by atoms with Gasteiger partial charge in [0.25, 0.3) is 0 Å². The first-order chi connectivity index (χ1) is 7.18. The Morgan fingerprint density at radius 1 is 1.47 bits per heavy atom. The Morgan fingerprint density at radius 2 is 2.27 bits per heavy atom. The maximum atomic E-state index is 10.2. The van der Waals surface area contributed by atoms with Gasteiger partial charge in [0.15, 0.2) is 0 Å². The van der Waals surface area contributed by atoms with E-state index in [2.05, 4.69) is 15.9 Å². The van der Waals surface area contributed by atoms with Gasteiger partial charge in [-0.2, -0.15) is 0 Å². The summed E-state index contributed by atoms with van der Waals surface area (Å²) < 4.78 is 1.05. The molecule has 1 N–H and O–H groups in total. The van der Waals surface area contributed by atoms with Gasteiger partial charge < -0.3 is 5.11 Å². The Morgan fingerprint density at radius 3 is 2.93 bits per heavy atom. The number of carboxylic acid groups (broad SMARTS) is 1. The molecule has 3 heteroatoms. The number of allylic oxidation sites excluding steroid dienone is 1. The van der Waals surface area contributed by atoms with Crippen LogP contribution in [0.2, 0.25) is 0 Å². The molecule has 1 aromatic carbocycles. The van der Waals surface area contributed by atoms with Crippen LogP contribution >= 0.6 is 15.9 Å². The van der Waals surface area contributed by atoms with E-state index in [-0.39, 0.29) is 6.42 Å². The molecule has 0 radical (unpaired) electrons. The summed E-state index contributed by atoms with van der Waals surface area (Å²) in [5, 5.41) is 8.44. The maximum Gasteiger partial charge on any atom is 0.303 e. The molecule has 1 rings (SSSR count). The van der Waals surface area contributed by atoms with Crippen molar-refractivity contribution in [3.63, 3.8) is 0 Å². The van der Waals surface area contributed by atoms with Gasteiger partial charge >= 0.3 is 5.97 Å². The molecule has 0 fully saturated rings. The van der Waals surface area contributed by atoms with Crippen LogP contribution in [0.5, 0.6) is 0 Å². The van der Waals surface area contributed by atoms with Gasteiger partial charge in [-0.3, -0.25) is 4.79 Å². The predicted octanol–water partition coefficient (Wildman–Crippen LogP) is 3.72. The average Bonchev–Trinajstić information content (AvgIpc) is 2.17. The SMILES string of the molecule is O=C(O)CCCC=Cc1cccc(Br)c1. The minimum Gasteiger partial charge on any atom is -0.481 e. The second-order valence-corrected chi connectivity index (χ2v) is 4.16. The quantitative estimate of drug-likeness (QED) is 0.827. The average molecular weight is 269 g/mol. The van der Waals surface area contributed by atoms with E-state index in [4.69, 9.17) is 5.11 Å². The zero-order valence-electron chi connectivity index (χ0n) is 8.32. The fourth-order valence-corrected chi connectivity index (χ4v) is 1.62. The Kier molecular flexibility index (Phi) is 5.12. The number of benzene rings is 1. The van der Waals surface area contributed by atoms with Crippen LogP contribution in [0.25, 0.3) is 6.08 Å². The highest BCUT2D eigenvalue weighted by Gasteiger charge is 1.93. The standard InChI is InChI=1S/C12H13BrO2/c13-11-7-4-6-10(9-11)5-2-1-3-8-12(14)15/h2,4-7,9H,1,3,8H2,(H,14,15). The number of rotatable bonds is 5. The number of unbranched alkanes of at least 4 members (excludes halogenated alkanes) is 1. The first-order valence-corrected chi connectivity index (χ1v) is 5.61. The Balaban J connectivity index is 2.35. The summed E-state index contributed by atoms with van der Waals surface area (Å²) in [5.74, 6) is -0.731. The van der Waals surface area contributed by atoms with E-state index < -0.39 is 5.97 Å². The van der Waals surface area contributed by atoms with Gasteiger partial charge in [-0.05, 0) is 30.5 Å². The highest BCUT2D eigenvalue weighted by atomic mass is 79.9. The molecule has 0 aliphatic rings. The summed E-state index contributed by atoms with van der Waals surface area (Å²) >= 11 is 3.39. The van der Waals surface area contributed by atoms with Crippen molar-refractivity contribution in [3.05, 3.63) is 40.4 Å². The molecule has 0 amide bonds. The molecule has 0 atom stereocenters. The molecule has 1 aromatic rings. The third-order valence-corrected chi connectivity index (χ3v) is 2.41. The van der Waals surface area contributed by atoms with Gasteiger partial charge in [0, 0.05) is 10.9 Å². The van der Waals surface area contributed by atoms with Gasteiger partial charge in [0.1, 0.15) is 0 Å². The van der Waals surface area contributed by atoms with Crippen molar-refractivity contribution in [3.8, 4) is 0 Å². The summed E-state index contributed by atoms with van der Waals surface area (Å²) in [6, 6.07) is 7.98. The molecule has 0 bridgehead atoms. The molecule has 0 aromatic heterocycles. The topological polar surface area (TPSA) is 37.3 Å². The van der Waals surface area contributed by atoms with E-state index in [1.54, 1.807) is 0 Å². The van der Waals surface area contributed by atoms with Crippen molar-refractivity contribution >= 4 is 28.0 Å². The molecule has 0 aliphatic carbocycles. The highest BCUT2D eigenvalue weighted by Crippen LogP contribution is 2.13. The monoisotopic (exact) mass is 268 g/mol. The zero-order chi connectivity index (χ0) is 11.1. The van der Waals surface area contributed by atoms with E-state index in [1.807, 2.05) is 36.4 Å². The molecule has 80 valence electrons. The van der Waals surface area contributed by atoms with Crippen molar-refractivity contribution in [2.45, 2.75) is 19.3 Å². The summed E-state index contributed by atoms with van der Waals surface area (Å²) in [4.78, 5) is 10.2. The second-order valence-electron chi connectivity index (χ2n) is 3.24. The van der Waals surface area contributed by atoms with E-state index in [1.165, 1.54) is 0 Å². The lowest BCUT2D eigenvalue weighted by molar-refractivity contribution is -0.137. The van der Waals surface area contributed by atoms with Crippen LogP contribution in [0, 0.1) is 0 Å². The number of carbonyl (C=O) groups is 1. The molecular formula is C12H13BrO2. The summed E-state index contributed by atoms with van der Waals surface area (Å²) in [6.07, 6.45) is 5.75. The summed E-state index contributed by atoms with van der Waals surface area (Å²) in [7, 11) is 0. The van der Waals surface area contributed by atoms with Crippen molar-refractivity contribution in [2.24, 2.45) is 0 Å². The number of hydrogen-bond acceptors (Lipinski definition) is 1. The molecule has 0 saturated heterocycles. The lowest BCUT2D eigenvalue weighted by Gasteiger charge is -1.94. The Bertz CT molecular complexity index is 358. The Hall–Kier alpha value is -1.09. The highest BCUT2D eigenvalue weighted by molar-refractivity contribution is 9.10. The van der Waals surface area contributed by atoms with Crippen LogP contribution < -0.4 is 0 Å². The van der Waals surface area contributed by atoms with Crippen LogP contribution in [0.4, 0.5) is 0 Å². The van der Waals surface area contributed by atoms with Crippen LogP contribution in [-0.4, -0.2) is 11.1 Å². The molecule has 0 spiro atoms. The van der Waals surface area contributed by atoms with Crippen molar-refractivity contribution < 1.29 is 9.90 Å². The first-order valence-electron chi connectivity index (χ1n) is 4.82. The van der Waals surface area contributed by atoms with E-state index in [0.717, 1.165) is 16.5 Å². The van der Waals surface area contributed by atoms with Gasteiger partial charge in [0.05, 0.1) is 0 Å². The molecule has 15 heavy (non-hydrogen) atoms. The third-order valence-electron chi connectivity index (χ3n) is 1.92. The van der Waals surface area contributed by atoms with Crippen LogP contribution in [0.1, 0.15) is 24.8 Å². The molecule has 0 saturated carbocycles. The normalized spacial score (nSPS) is 10.7. The second kappa shape index (κ2) is 6.40. The van der Waals surface area contributed by atoms with E-state index in [9.17, 15) is 4.79 Å². The van der Waals surface area contributed by atoms with Crippen LogP contribution in [0.3, 0.4) is 0 Å². The number of hydrogen-bond donors (Lipinski definition) is 1. The number of aliphatic carboxylic acids is 1. The van der Waals surface area contributed by atoms with Crippen molar-refractivity contribution in [1.29, 1.82) is 0 Å². The number of carboxylic acids is 1. The Labute approximate surface area is 97.8 Å². The third kappa shape index (κ3) is 5.37. The maximum absolute atomic E-state index is 10.2. The molecule has 0 unspecified atom stereocenters. The van der Waals surface area contributed by atoms with Gasteiger partial charge in [-0.1, -0.05) is 40.2 Å². The van der Waals surface area contributed by atoms with Gasteiger partial charge in [-0.15, -0.1) is 0 Å². The van der Waals surface area contributed by atoms with E-state index >= 15 is 0 Å².